The maximum absolute atomic E-state index is 11.1. The number of hydrogen-bond donors (Lipinski definition) is 1. The summed E-state index contributed by atoms with van der Waals surface area (Å²) in [6.07, 6.45) is 2.01. The second kappa shape index (κ2) is 5.48. The second-order valence-electron chi connectivity index (χ2n) is 4.53. The van der Waals surface area contributed by atoms with Crippen LogP contribution in [-0.4, -0.2) is 27.1 Å². The van der Waals surface area contributed by atoms with Crippen LogP contribution in [0.1, 0.15) is 35.9 Å². The zero-order valence-corrected chi connectivity index (χ0v) is 11.9. The molecule has 0 atom stereocenters. The Labute approximate surface area is 116 Å². The molecule has 0 aliphatic rings. The summed E-state index contributed by atoms with van der Waals surface area (Å²) in [6, 6.07) is 9.55. The fourth-order valence-corrected chi connectivity index (χ4v) is 2.31. The zero-order valence-electron chi connectivity index (χ0n) is 11.1. The van der Waals surface area contributed by atoms with E-state index in [1.165, 1.54) is 0 Å². The number of nitrogens with zero attached hydrogens (tertiary/aromatic N) is 2. The van der Waals surface area contributed by atoms with Gasteiger partial charge in [-0.3, -0.25) is 0 Å². The van der Waals surface area contributed by atoms with Crippen LogP contribution >= 0.6 is 11.8 Å². The van der Waals surface area contributed by atoms with Crippen LogP contribution in [0.4, 0.5) is 0 Å². The molecular weight excluding hydrogens is 260 g/mol. The SMILES string of the molecule is CSc1cccc(-n2nc(C(=O)O)cc2C(C)C)c1. The van der Waals surface area contributed by atoms with E-state index in [1.54, 1.807) is 22.5 Å². The molecule has 0 bridgehead atoms. The number of hydrogen-bond acceptors (Lipinski definition) is 3. The number of aromatic carboxylic acids is 1. The average molecular weight is 276 g/mol. The first-order valence-corrected chi connectivity index (χ1v) is 7.23. The lowest BCUT2D eigenvalue weighted by atomic mass is 10.1. The van der Waals surface area contributed by atoms with Crippen molar-refractivity contribution in [1.29, 1.82) is 0 Å². The molecule has 1 N–H and O–H groups in total. The lowest BCUT2D eigenvalue weighted by molar-refractivity contribution is 0.0690. The Hall–Kier alpha value is -1.75. The van der Waals surface area contributed by atoms with Crippen LogP contribution in [0.2, 0.25) is 0 Å². The van der Waals surface area contributed by atoms with Crippen molar-refractivity contribution < 1.29 is 9.90 Å². The third-order valence-corrected chi connectivity index (χ3v) is 3.57. The summed E-state index contributed by atoms with van der Waals surface area (Å²) >= 11 is 1.65. The first kappa shape index (κ1) is 13.7. The highest BCUT2D eigenvalue weighted by Gasteiger charge is 2.16. The van der Waals surface area contributed by atoms with Gasteiger partial charge < -0.3 is 5.11 Å². The van der Waals surface area contributed by atoms with E-state index < -0.39 is 5.97 Å². The van der Waals surface area contributed by atoms with Gasteiger partial charge in [-0.05, 0) is 36.4 Å². The Kier molecular flexibility index (Phi) is 3.95. The number of benzene rings is 1. The summed E-state index contributed by atoms with van der Waals surface area (Å²) in [5.74, 6) is -0.791. The number of thioether (sulfide) groups is 1. The van der Waals surface area contributed by atoms with Gasteiger partial charge in [0.25, 0.3) is 0 Å². The molecule has 0 aliphatic heterocycles. The van der Waals surface area contributed by atoms with Gasteiger partial charge >= 0.3 is 5.97 Å². The Morgan fingerprint density at radius 3 is 2.68 bits per heavy atom. The van der Waals surface area contributed by atoms with Gasteiger partial charge in [-0.2, -0.15) is 5.10 Å². The van der Waals surface area contributed by atoms with Crippen LogP contribution in [-0.2, 0) is 0 Å². The van der Waals surface area contributed by atoms with E-state index >= 15 is 0 Å². The van der Waals surface area contributed by atoms with E-state index in [0.29, 0.717) is 0 Å². The first-order valence-electron chi connectivity index (χ1n) is 6.00. The summed E-state index contributed by atoms with van der Waals surface area (Å²) in [6.45, 7) is 4.05. The predicted molar refractivity (Wildman–Crippen MR) is 76.4 cm³/mol. The Balaban J connectivity index is 2.56. The third-order valence-electron chi connectivity index (χ3n) is 2.85. The molecule has 0 spiro atoms. The second-order valence-corrected chi connectivity index (χ2v) is 5.41. The normalized spacial score (nSPS) is 10.9. The smallest absolute Gasteiger partial charge is 0.356 e. The van der Waals surface area contributed by atoms with Gasteiger partial charge in [-0.15, -0.1) is 11.8 Å². The number of rotatable bonds is 4. The largest absolute Gasteiger partial charge is 0.476 e. The summed E-state index contributed by atoms with van der Waals surface area (Å²) in [7, 11) is 0. The van der Waals surface area contributed by atoms with Gasteiger partial charge in [-0.1, -0.05) is 19.9 Å². The van der Waals surface area contributed by atoms with Crippen LogP contribution in [0.3, 0.4) is 0 Å². The van der Waals surface area contributed by atoms with Crippen molar-refractivity contribution in [3.05, 3.63) is 41.7 Å². The number of aromatic nitrogens is 2. The van der Waals surface area contributed by atoms with Crippen LogP contribution in [0.15, 0.2) is 35.2 Å². The molecule has 4 nitrogen and oxygen atoms in total. The maximum Gasteiger partial charge on any atom is 0.356 e. The highest BCUT2D eigenvalue weighted by Crippen LogP contribution is 2.23. The molecule has 2 rings (SSSR count). The molecule has 0 amide bonds. The van der Waals surface area contributed by atoms with Gasteiger partial charge in [0.2, 0.25) is 0 Å². The van der Waals surface area contributed by atoms with Crippen molar-refractivity contribution in [2.24, 2.45) is 0 Å². The van der Waals surface area contributed by atoms with Gasteiger partial charge in [0.1, 0.15) is 0 Å². The van der Waals surface area contributed by atoms with Crippen LogP contribution in [0.5, 0.6) is 0 Å². The Morgan fingerprint density at radius 1 is 1.37 bits per heavy atom. The zero-order chi connectivity index (χ0) is 14.0. The van der Waals surface area contributed by atoms with Gasteiger partial charge in [-0.25, -0.2) is 9.48 Å². The standard InChI is InChI=1S/C14H16N2O2S/c1-9(2)13-8-12(14(17)18)15-16(13)10-5-4-6-11(7-10)19-3/h4-9H,1-3H3,(H,17,18). The van der Waals surface area contributed by atoms with Crippen molar-refractivity contribution in [3.63, 3.8) is 0 Å². The summed E-state index contributed by atoms with van der Waals surface area (Å²) < 4.78 is 1.72. The number of carboxylic acid groups (broad SMARTS) is 1. The Morgan fingerprint density at radius 2 is 2.11 bits per heavy atom. The molecule has 100 valence electrons. The molecule has 0 radical (unpaired) electrons. The third kappa shape index (κ3) is 2.81. The average Bonchev–Trinajstić information content (AvgIpc) is 2.84. The molecule has 0 saturated heterocycles. The lowest BCUT2D eigenvalue weighted by Gasteiger charge is -2.10. The fourth-order valence-electron chi connectivity index (χ4n) is 1.86. The summed E-state index contributed by atoms with van der Waals surface area (Å²) in [4.78, 5) is 12.2. The van der Waals surface area contributed by atoms with E-state index in [1.807, 2.05) is 44.4 Å². The molecule has 0 fully saturated rings. The quantitative estimate of drug-likeness (QED) is 0.869. The summed E-state index contributed by atoms with van der Waals surface area (Å²) in [5.41, 5.74) is 1.87. The molecule has 0 unspecified atom stereocenters. The number of carboxylic acids is 1. The molecule has 1 aromatic carbocycles. The van der Waals surface area contributed by atoms with Gasteiger partial charge in [0, 0.05) is 10.6 Å². The van der Waals surface area contributed by atoms with E-state index in [0.717, 1.165) is 16.3 Å². The van der Waals surface area contributed by atoms with E-state index in [2.05, 4.69) is 5.10 Å². The van der Waals surface area contributed by atoms with Crippen molar-refractivity contribution in [2.45, 2.75) is 24.7 Å². The van der Waals surface area contributed by atoms with Gasteiger partial charge in [0.05, 0.1) is 5.69 Å². The molecule has 0 aliphatic carbocycles. The Bertz CT molecular complexity index is 605. The first-order chi connectivity index (χ1) is 9.02. The molecule has 5 heteroatoms. The van der Waals surface area contributed by atoms with E-state index in [4.69, 9.17) is 5.11 Å². The molecule has 2 aromatic rings. The highest BCUT2D eigenvalue weighted by molar-refractivity contribution is 7.98. The van der Waals surface area contributed by atoms with E-state index in [-0.39, 0.29) is 11.6 Å². The van der Waals surface area contributed by atoms with Crippen molar-refractivity contribution in [1.82, 2.24) is 9.78 Å². The lowest BCUT2D eigenvalue weighted by Crippen LogP contribution is -2.04. The predicted octanol–water partition coefficient (Wildman–Crippen LogP) is 3.42. The van der Waals surface area contributed by atoms with Crippen LogP contribution in [0.25, 0.3) is 5.69 Å². The monoisotopic (exact) mass is 276 g/mol. The van der Waals surface area contributed by atoms with Crippen molar-refractivity contribution in [3.8, 4) is 5.69 Å². The van der Waals surface area contributed by atoms with Crippen LogP contribution < -0.4 is 0 Å². The molecule has 1 aromatic heterocycles. The minimum atomic E-state index is -0.998. The van der Waals surface area contributed by atoms with Crippen molar-refractivity contribution >= 4 is 17.7 Å². The number of carbonyl (C=O) groups is 1. The van der Waals surface area contributed by atoms with E-state index in [9.17, 15) is 4.79 Å². The fraction of sp³-hybridized carbons (Fsp3) is 0.286. The summed E-state index contributed by atoms with van der Waals surface area (Å²) in [5, 5.41) is 13.3. The van der Waals surface area contributed by atoms with Crippen LogP contribution in [0, 0.1) is 0 Å². The molecular formula is C14H16N2O2S. The highest BCUT2D eigenvalue weighted by atomic mass is 32.2. The molecule has 19 heavy (non-hydrogen) atoms. The molecule has 0 saturated carbocycles. The topological polar surface area (TPSA) is 55.1 Å². The maximum atomic E-state index is 11.1. The minimum Gasteiger partial charge on any atom is -0.476 e. The van der Waals surface area contributed by atoms with Crippen molar-refractivity contribution in [2.75, 3.05) is 6.26 Å². The minimum absolute atomic E-state index is 0.0817. The van der Waals surface area contributed by atoms with Gasteiger partial charge in [0.15, 0.2) is 5.69 Å². The molecule has 1 heterocycles.